The summed E-state index contributed by atoms with van der Waals surface area (Å²) in [5, 5.41) is 3.26. The molecule has 3 rings (SSSR count). The molecule has 0 radical (unpaired) electrons. The van der Waals surface area contributed by atoms with Gasteiger partial charge in [0, 0.05) is 4.88 Å². The molecule has 4 heteroatoms. The highest BCUT2D eigenvalue weighted by molar-refractivity contribution is 7.21. The molecular formula is C12H14N2S2. The number of aromatic nitrogens is 1. The third kappa shape index (κ3) is 1.52. The molecule has 0 unspecified atom stereocenters. The number of rotatable bonds is 2. The molecule has 0 saturated heterocycles. The summed E-state index contributed by atoms with van der Waals surface area (Å²) in [6.45, 7) is 4.21. The van der Waals surface area contributed by atoms with Crippen molar-refractivity contribution in [1.29, 1.82) is 0 Å². The van der Waals surface area contributed by atoms with Crippen molar-refractivity contribution >= 4 is 22.7 Å². The molecule has 2 N–H and O–H groups in total. The Bertz CT molecular complexity index is 535. The molecule has 0 atom stereocenters. The Hall–Kier alpha value is -0.710. The van der Waals surface area contributed by atoms with Crippen LogP contribution in [0.25, 0.3) is 9.88 Å². The van der Waals surface area contributed by atoms with Gasteiger partial charge in [0.1, 0.15) is 5.01 Å². The van der Waals surface area contributed by atoms with Gasteiger partial charge in [-0.2, -0.15) is 0 Å². The van der Waals surface area contributed by atoms with Crippen molar-refractivity contribution in [3.8, 4) is 9.88 Å². The monoisotopic (exact) mass is 250 g/mol. The van der Waals surface area contributed by atoms with Crippen LogP contribution in [-0.2, 0) is 5.54 Å². The minimum atomic E-state index is -0.0504. The predicted octanol–water partition coefficient (Wildman–Crippen LogP) is 3.44. The molecule has 1 aliphatic carbocycles. The second-order valence-electron chi connectivity index (χ2n) is 4.52. The molecule has 2 aromatic rings. The Morgan fingerprint density at radius 2 is 2.12 bits per heavy atom. The summed E-state index contributed by atoms with van der Waals surface area (Å²) in [5.74, 6) is 0. The van der Waals surface area contributed by atoms with Crippen molar-refractivity contribution in [3.63, 3.8) is 0 Å². The van der Waals surface area contributed by atoms with Crippen molar-refractivity contribution in [2.45, 2.75) is 32.2 Å². The number of nitrogens with two attached hydrogens (primary N) is 1. The maximum Gasteiger partial charge on any atom is 0.134 e. The molecule has 2 heterocycles. The second-order valence-corrected chi connectivity index (χ2v) is 6.44. The van der Waals surface area contributed by atoms with Gasteiger partial charge >= 0.3 is 0 Å². The van der Waals surface area contributed by atoms with Gasteiger partial charge in [0.15, 0.2) is 0 Å². The van der Waals surface area contributed by atoms with Gasteiger partial charge in [-0.05, 0) is 43.7 Å². The summed E-state index contributed by atoms with van der Waals surface area (Å²) in [6.07, 6.45) is 2.22. The first-order valence-electron chi connectivity index (χ1n) is 5.41. The summed E-state index contributed by atoms with van der Waals surface area (Å²) in [7, 11) is 0. The van der Waals surface area contributed by atoms with E-state index in [1.165, 1.54) is 15.3 Å². The van der Waals surface area contributed by atoms with Crippen molar-refractivity contribution in [1.82, 2.24) is 4.98 Å². The van der Waals surface area contributed by atoms with Crippen LogP contribution in [0.15, 0.2) is 11.4 Å². The number of thiophene rings is 1. The topological polar surface area (TPSA) is 38.9 Å². The van der Waals surface area contributed by atoms with Crippen LogP contribution in [0.3, 0.4) is 0 Å². The van der Waals surface area contributed by atoms with E-state index in [1.807, 2.05) is 0 Å². The van der Waals surface area contributed by atoms with Crippen molar-refractivity contribution in [2.24, 2.45) is 5.73 Å². The molecule has 2 nitrogen and oxygen atoms in total. The van der Waals surface area contributed by atoms with Crippen LogP contribution in [-0.4, -0.2) is 4.98 Å². The van der Waals surface area contributed by atoms with E-state index in [4.69, 9.17) is 5.73 Å². The highest BCUT2D eigenvalue weighted by Crippen LogP contribution is 2.48. The zero-order valence-electron chi connectivity index (χ0n) is 9.41. The lowest BCUT2D eigenvalue weighted by atomic mass is 10.2. The maximum atomic E-state index is 6.25. The first-order chi connectivity index (χ1) is 7.60. The Balaban J connectivity index is 2.08. The van der Waals surface area contributed by atoms with Crippen molar-refractivity contribution in [3.05, 3.63) is 27.6 Å². The van der Waals surface area contributed by atoms with Crippen molar-refractivity contribution in [2.75, 3.05) is 0 Å². The van der Waals surface area contributed by atoms with E-state index in [-0.39, 0.29) is 5.54 Å². The first-order valence-corrected chi connectivity index (χ1v) is 7.11. The number of hydrogen-bond acceptors (Lipinski definition) is 4. The van der Waals surface area contributed by atoms with Crippen LogP contribution < -0.4 is 5.73 Å². The van der Waals surface area contributed by atoms with Crippen LogP contribution in [0, 0.1) is 13.8 Å². The molecule has 16 heavy (non-hydrogen) atoms. The average molecular weight is 250 g/mol. The van der Waals surface area contributed by atoms with Crippen LogP contribution in [0.1, 0.15) is 29.0 Å². The van der Waals surface area contributed by atoms with Gasteiger partial charge in [0.25, 0.3) is 0 Å². The van der Waals surface area contributed by atoms with Gasteiger partial charge in [-0.15, -0.1) is 22.7 Å². The third-order valence-corrected chi connectivity index (χ3v) is 5.64. The molecule has 1 saturated carbocycles. The number of hydrogen-bond donors (Lipinski definition) is 1. The molecule has 0 bridgehead atoms. The van der Waals surface area contributed by atoms with E-state index >= 15 is 0 Å². The zero-order chi connectivity index (χ0) is 11.3. The summed E-state index contributed by atoms with van der Waals surface area (Å²) in [6, 6.07) is 2.14. The van der Waals surface area contributed by atoms with E-state index in [0.717, 1.165) is 23.5 Å². The third-order valence-electron chi connectivity index (χ3n) is 3.09. The van der Waals surface area contributed by atoms with Crippen molar-refractivity contribution < 1.29 is 0 Å². The van der Waals surface area contributed by atoms with Gasteiger partial charge in [-0.25, -0.2) is 4.98 Å². The quantitative estimate of drug-likeness (QED) is 0.886. The highest BCUT2D eigenvalue weighted by Gasteiger charge is 2.43. The summed E-state index contributed by atoms with van der Waals surface area (Å²) in [5.41, 5.74) is 8.63. The molecule has 0 aliphatic heterocycles. The van der Waals surface area contributed by atoms with E-state index in [2.05, 4.69) is 30.3 Å². The highest BCUT2D eigenvalue weighted by atomic mass is 32.1. The van der Waals surface area contributed by atoms with Crippen LogP contribution in [0.5, 0.6) is 0 Å². The van der Waals surface area contributed by atoms with Gasteiger partial charge in [0.05, 0.1) is 16.1 Å². The van der Waals surface area contributed by atoms with Gasteiger partial charge in [0.2, 0.25) is 0 Å². The van der Waals surface area contributed by atoms with Gasteiger partial charge in [-0.1, -0.05) is 0 Å². The lowest BCUT2D eigenvalue weighted by Gasteiger charge is -2.04. The largest absolute Gasteiger partial charge is 0.321 e. The minimum Gasteiger partial charge on any atom is -0.321 e. The Morgan fingerprint density at radius 3 is 2.69 bits per heavy atom. The molecule has 0 aromatic carbocycles. The van der Waals surface area contributed by atoms with E-state index in [9.17, 15) is 0 Å². The predicted molar refractivity (Wildman–Crippen MR) is 70.0 cm³/mol. The fraction of sp³-hybridized carbons (Fsp3) is 0.417. The lowest BCUT2D eigenvalue weighted by molar-refractivity contribution is 0.748. The van der Waals surface area contributed by atoms with E-state index in [0.29, 0.717) is 0 Å². The standard InChI is InChI=1S/C12H14N2S2/c1-7-3-6-15-9(7)11-14-8(2)10(16-11)12(13)4-5-12/h3,6H,4-5,13H2,1-2H3. The Kier molecular flexibility index (Phi) is 2.21. The maximum absolute atomic E-state index is 6.25. The van der Waals surface area contributed by atoms with Gasteiger partial charge in [-0.3, -0.25) is 0 Å². The fourth-order valence-electron chi connectivity index (χ4n) is 1.91. The Labute approximate surface area is 103 Å². The van der Waals surface area contributed by atoms with Gasteiger partial charge < -0.3 is 5.73 Å². The van der Waals surface area contributed by atoms with Crippen LogP contribution in [0.2, 0.25) is 0 Å². The first kappa shape index (κ1) is 10.4. The Morgan fingerprint density at radius 1 is 1.38 bits per heavy atom. The van der Waals surface area contributed by atoms with Crippen LogP contribution in [0.4, 0.5) is 0 Å². The molecule has 1 fully saturated rings. The van der Waals surface area contributed by atoms with Crippen LogP contribution >= 0.6 is 22.7 Å². The molecule has 2 aromatic heterocycles. The number of thiazole rings is 1. The summed E-state index contributed by atoms with van der Waals surface area (Å²) >= 11 is 3.54. The fourth-order valence-corrected chi connectivity index (χ4v) is 4.22. The van der Waals surface area contributed by atoms with E-state index < -0.39 is 0 Å². The summed E-state index contributed by atoms with van der Waals surface area (Å²) < 4.78 is 0. The smallest absolute Gasteiger partial charge is 0.134 e. The number of nitrogens with zero attached hydrogens (tertiary/aromatic N) is 1. The molecule has 0 spiro atoms. The number of aryl methyl sites for hydroxylation is 2. The second kappa shape index (κ2) is 3.39. The normalized spacial score (nSPS) is 17.7. The minimum absolute atomic E-state index is 0.0504. The molecule has 84 valence electrons. The lowest BCUT2D eigenvalue weighted by Crippen LogP contribution is -2.18. The molecule has 1 aliphatic rings. The summed E-state index contributed by atoms with van der Waals surface area (Å²) in [4.78, 5) is 7.25. The average Bonchev–Trinajstić information content (AvgIpc) is 2.68. The van der Waals surface area contributed by atoms with E-state index in [1.54, 1.807) is 22.7 Å². The molecule has 0 amide bonds. The SMILES string of the molecule is Cc1ccsc1-c1nc(C)c(C2(N)CC2)s1. The zero-order valence-corrected chi connectivity index (χ0v) is 11.0. The molecular weight excluding hydrogens is 236 g/mol.